The molecule has 0 aliphatic heterocycles. The van der Waals surface area contributed by atoms with E-state index in [1.807, 2.05) is 0 Å². The molecule has 0 aromatic rings. The second-order valence-corrected chi connectivity index (χ2v) is 6.29. The Morgan fingerprint density at radius 2 is 1.65 bits per heavy atom. The summed E-state index contributed by atoms with van der Waals surface area (Å²) in [6.45, 7) is 5.50. The Bertz CT molecular complexity index is 350. The van der Waals surface area contributed by atoms with E-state index in [0.29, 0.717) is 12.3 Å². The number of terminal acetylenes is 1. The summed E-state index contributed by atoms with van der Waals surface area (Å²) in [5.41, 5.74) is 0. The minimum Gasteiger partial charge on any atom is -0.412 e. The van der Waals surface area contributed by atoms with Crippen molar-refractivity contribution >= 4 is 0 Å². The van der Waals surface area contributed by atoms with E-state index in [2.05, 4.69) is 25.8 Å². The second-order valence-electron chi connectivity index (χ2n) is 6.29. The fraction of sp³-hybridized carbons (Fsp3) is 0.789. The van der Waals surface area contributed by atoms with Gasteiger partial charge < -0.3 is 10.2 Å². The quantitative estimate of drug-likeness (QED) is 0.670. The van der Waals surface area contributed by atoms with Gasteiger partial charge in [0.25, 0.3) is 0 Å². The van der Waals surface area contributed by atoms with Gasteiger partial charge in [0.1, 0.15) is 6.17 Å². The average Bonchev–Trinajstić information content (AvgIpc) is 2.51. The van der Waals surface area contributed by atoms with E-state index < -0.39 is 18.4 Å². The molecule has 2 nitrogen and oxygen atoms in total. The number of halogens is 2. The molecule has 23 heavy (non-hydrogen) atoms. The summed E-state index contributed by atoms with van der Waals surface area (Å²) in [5.74, 6) is 3.29. The van der Waals surface area contributed by atoms with Crippen molar-refractivity contribution in [1.29, 1.82) is 0 Å². The highest BCUT2D eigenvalue weighted by Crippen LogP contribution is 2.42. The molecule has 2 saturated carbocycles. The van der Waals surface area contributed by atoms with Crippen molar-refractivity contribution in [2.45, 2.75) is 71.3 Å². The zero-order valence-electron chi connectivity index (χ0n) is 13.7. The Morgan fingerprint density at radius 3 is 2.09 bits per heavy atom. The van der Waals surface area contributed by atoms with E-state index >= 15 is 0 Å². The maximum absolute atomic E-state index is 14.1. The Balaban J connectivity index is -0.000000571. The van der Waals surface area contributed by atoms with Gasteiger partial charge in [0, 0.05) is 8.54 Å². The number of hydrogen-bond donors (Lipinski definition) is 0. The molecule has 0 bridgehead atoms. The molecule has 2 aliphatic carbocycles. The summed E-state index contributed by atoms with van der Waals surface area (Å²) in [6.07, 6.45) is 8.79. The van der Waals surface area contributed by atoms with Crippen molar-refractivity contribution < 1.29 is 20.4 Å². The van der Waals surface area contributed by atoms with Crippen LogP contribution in [0.15, 0.2) is 12.7 Å². The van der Waals surface area contributed by atoms with Gasteiger partial charge in [-0.15, -0.1) is 6.42 Å². The van der Waals surface area contributed by atoms with Crippen LogP contribution in [0.1, 0.15) is 54.3 Å². The number of hydrogen-bond acceptors (Lipinski definition) is 1. The maximum atomic E-state index is 14.1. The second kappa shape index (κ2) is 12.5. The lowest BCUT2D eigenvalue weighted by molar-refractivity contribution is -0.0717. The van der Waals surface area contributed by atoms with Crippen LogP contribution in [0, 0.1) is 30.1 Å². The summed E-state index contributed by atoms with van der Waals surface area (Å²) in [6, 6.07) is 0. The van der Waals surface area contributed by atoms with Crippen LogP contribution in [0.5, 0.6) is 0 Å². The zero-order chi connectivity index (χ0) is 15.8. The molecule has 0 spiro atoms. The Labute approximate surface area is 142 Å². The standard InChI is InChI=1S/C14H24F2O.C4H4.CH4.H2O.H2/c1-9-3-5-10(6-4-9)11-7-8-12(17-2)14(16)13(11)15;1-3-4-2;;;/h9-14H,3-8H2,1-2H3;1,4H,2H2;1H4;1H2;1H. The van der Waals surface area contributed by atoms with Crippen LogP contribution in [0.2, 0.25) is 0 Å². The number of ether oxygens (including phenoxy) is 1. The molecule has 2 rings (SSSR count). The average molecular weight is 334 g/mol. The van der Waals surface area contributed by atoms with Crippen LogP contribution in [0.3, 0.4) is 0 Å². The number of rotatable bonds is 2. The van der Waals surface area contributed by atoms with E-state index in [9.17, 15) is 8.78 Å². The molecule has 138 valence electrons. The van der Waals surface area contributed by atoms with Gasteiger partial charge in [-0.05, 0) is 49.5 Å². The molecule has 0 heterocycles. The van der Waals surface area contributed by atoms with Crippen LogP contribution in [-0.4, -0.2) is 31.0 Å². The maximum Gasteiger partial charge on any atom is 0.157 e. The van der Waals surface area contributed by atoms with Crippen molar-refractivity contribution in [3.63, 3.8) is 0 Å². The van der Waals surface area contributed by atoms with E-state index in [4.69, 9.17) is 4.74 Å². The normalized spacial score (nSPS) is 36.1. The van der Waals surface area contributed by atoms with Gasteiger partial charge in [0.15, 0.2) is 6.17 Å². The summed E-state index contributed by atoms with van der Waals surface area (Å²) in [4.78, 5) is 0. The van der Waals surface area contributed by atoms with E-state index in [-0.39, 0.29) is 20.2 Å². The van der Waals surface area contributed by atoms with Crippen LogP contribution >= 0.6 is 0 Å². The van der Waals surface area contributed by atoms with Gasteiger partial charge in [-0.2, -0.15) is 0 Å². The molecular formula is C19H36F2O2. The molecule has 0 aromatic heterocycles. The smallest absolute Gasteiger partial charge is 0.157 e. The lowest BCUT2D eigenvalue weighted by atomic mass is 9.69. The van der Waals surface area contributed by atoms with Gasteiger partial charge in [-0.3, -0.25) is 0 Å². The predicted molar refractivity (Wildman–Crippen MR) is 95.9 cm³/mol. The minimum absolute atomic E-state index is 0. The van der Waals surface area contributed by atoms with Crippen molar-refractivity contribution in [2.75, 3.05) is 7.11 Å². The topological polar surface area (TPSA) is 40.7 Å². The third-order valence-electron chi connectivity index (χ3n) is 4.94. The first-order chi connectivity index (χ1) is 10.0. The third-order valence-corrected chi connectivity index (χ3v) is 4.94. The van der Waals surface area contributed by atoms with Crippen molar-refractivity contribution in [1.82, 2.24) is 0 Å². The largest absolute Gasteiger partial charge is 0.412 e. The Morgan fingerprint density at radius 1 is 1.13 bits per heavy atom. The fourth-order valence-electron chi connectivity index (χ4n) is 3.57. The van der Waals surface area contributed by atoms with Crippen LogP contribution < -0.4 is 0 Å². The first-order valence-corrected chi connectivity index (χ1v) is 7.93. The monoisotopic (exact) mass is 334 g/mol. The highest BCUT2D eigenvalue weighted by atomic mass is 19.2. The van der Waals surface area contributed by atoms with Crippen molar-refractivity contribution in [2.24, 2.45) is 17.8 Å². The lowest BCUT2D eigenvalue weighted by Gasteiger charge is -2.40. The van der Waals surface area contributed by atoms with E-state index in [1.165, 1.54) is 26.0 Å². The van der Waals surface area contributed by atoms with Gasteiger partial charge in [0.2, 0.25) is 0 Å². The highest BCUT2D eigenvalue weighted by molar-refractivity contribution is 5.03. The van der Waals surface area contributed by atoms with Gasteiger partial charge in [-0.1, -0.05) is 39.7 Å². The molecule has 0 saturated heterocycles. The Kier molecular flexibility index (Phi) is 13.2. The third kappa shape index (κ3) is 7.01. The van der Waals surface area contributed by atoms with E-state index in [1.54, 1.807) is 0 Å². The summed E-state index contributed by atoms with van der Waals surface area (Å²) in [5, 5.41) is 0. The van der Waals surface area contributed by atoms with Gasteiger partial charge >= 0.3 is 0 Å². The van der Waals surface area contributed by atoms with Crippen molar-refractivity contribution in [3.8, 4) is 12.3 Å². The number of allylic oxidation sites excluding steroid dienone is 1. The molecule has 2 N–H and O–H groups in total. The molecular weight excluding hydrogens is 298 g/mol. The zero-order valence-corrected chi connectivity index (χ0v) is 13.7. The molecule has 0 radical (unpaired) electrons. The molecule has 4 heteroatoms. The van der Waals surface area contributed by atoms with E-state index in [0.717, 1.165) is 25.2 Å². The van der Waals surface area contributed by atoms with Crippen molar-refractivity contribution in [3.05, 3.63) is 12.7 Å². The fourth-order valence-corrected chi connectivity index (χ4v) is 3.57. The molecule has 2 aliphatic rings. The first-order valence-electron chi connectivity index (χ1n) is 7.93. The molecule has 2 fully saturated rings. The summed E-state index contributed by atoms with van der Waals surface area (Å²) < 4.78 is 32.9. The van der Waals surface area contributed by atoms with Gasteiger partial charge in [0.05, 0.1) is 6.10 Å². The van der Waals surface area contributed by atoms with Gasteiger partial charge in [-0.25, -0.2) is 8.78 Å². The van der Waals surface area contributed by atoms with Crippen LogP contribution in [0.25, 0.3) is 0 Å². The summed E-state index contributed by atoms with van der Waals surface area (Å²) >= 11 is 0. The Hall–Kier alpha value is -0.920. The highest BCUT2D eigenvalue weighted by Gasteiger charge is 2.43. The molecule has 0 aromatic carbocycles. The molecule has 4 unspecified atom stereocenters. The number of methoxy groups -OCH3 is 1. The molecule has 4 atom stereocenters. The summed E-state index contributed by atoms with van der Waals surface area (Å²) in [7, 11) is 1.48. The predicted octanol–water partition coefficient (Wildman–Crippen LogP) is 4.78. The first kappa shape index (κ1) is 24.3. The number of alkyl halides is 2. The SMILES string of the molecule is C.C#CC=C.COC1CCC(C2CCC(C)CC2)C(F)C1F.O.[HH]. The van der Waals surface area contributed by atoms with Crippen LogP contribution in [0.4, 0.5) is 8.78 Å². The molecule has 0 amide bonds. The van der Waals surface area contributed by atoms with Crippen LogP contribution in [-0.2, 0) is 4.74 Å². The lowest BCUT2D eigenvalue weighted by Crippen LogP contribution is -2.45. The minimum atomic E-state index is -1.42.